The van der Waals surface area contributed by atoms with E-state index in [1.807, 2.05) is 22.2 Å². The topological polar surface area (TPSA) is 53.7 Å². The van der Waals surface area contributed by atoms with Crippen molar-refractivity contribution < 1.29 is 0 Å². The van der Waals surface area contributed by atoms with Crippen LogP contribution >= 0.6 is 27.3 Å². The molecule has 136 valence electrons. The van der Waals surface area contributed by atoms with Crippen LogP contribution in [0.25, 0.3) is 4.96 Å². The highest BCUT2D eigenvalue weighted by Gasteiger charge is 2.45. The minimum Gasteiger partial charge on any atom is -0.357 e. The molecule has 3 aromatic rings. The number of aromatic nitrogens is 2. The lowest BCUT2D eigenvalue weighted by molar-refractivity contribution is 0.643. The van der Waals surface area contributed by atoms with E-state index in [-0.39, 0.29) is 5.41 Å². The Hall–Kier alpha value is -1.86. The summed E-state index contributed by atoms with van der Waals surface area (Å²) in [6, 6.07) is 8.53. The largest absolute Gasteiger partial charge is 0.357 e. The molecule has 0 spiro atoms. The van der Waals surface area contributed by atoms with Crippen LogP contribution in [0.3, 0.4) is 0 Å². The van der Waals surface area contributed by atoms with Gasteiger partial charge in [0.25, 0.3) is 0 Å². The summed E-state index contributed by atoms with van der Waals surface area (Å²) in [5, 5.41) is 8.91. The number of benzene rings is 1. The van der Waals surface area contributed by atoms with E-state index in [0.29, 0.717) is 6.54 Å². The molecule has 2 heterocycles. The molecule has 2 N–H and O–H groups in total. The molecule has 5 nitrogen and oxygen atoms in total. The molecular weight excluding hydrogens is 410 g/mol. The number of rotatable bonds is 6. The number of nitrogens with one attached hydrogen (secondary N) is 2. The number of thiazole rings is 1. The van der Waals surface area contributed by atoms with Gasteiger partial charge in [-0.05, 0) is 31.4 Å². The van der Waals surface area contributed by atoms with Crippen LogP contribution < -0.4 is 10.6 Å². The molecule has 0 amide bonds. The number of guanidine groups is 1. The van der Waals surface area contributed by atoms with Gasteiger partial charge in [-0.15, -0.1) is 11.3 Å². The highest BCUT2D eigenvalue weighted by molar-refractivity contribution is 9.10. The second kappa shape index (κ2) is 7.40. The molecule has 1 saturated carbocycles. The summed E-state index contributed by atoms with van der Waals surface area (Å²) in [5.41, 5.74) is 2.59. The molecule has 1 aromatic carbocycles. The first-order valence-electron chi connectivity index (χ1n) is 8.88. The first-order chi connectivity index (χ1) is 12.7. The van der Waals surface area contributed by atoms with Gasteiger partial charge in [-0.2, -0.15) is 0 Å². The third-order valence-corrected chi connectivity index (χ3v) is 6.24. The van der Waals surface area contributed by atoms with E-state index in [0.717, 1.165) is 29.7 Å². The highest BCUT2D eigenvalue weighted by Crippen LogP contribution is 2.49. The zero-order chi connectivity index (χ0) is 18.0. The van der Waals surface area contributed by atoms with Crippen LogP contribution in [0.1, 0.15) is 31.0 Å². The lowest BCUT2D eigenvalue weighted by atomic mass is 9.96. The van der Waals surface area contributed by atoms with Crippen molar-refractivity contribution in [3.63, 3.8) is 0 Å². The smallest absolute Gasteiger partial charge is 0.193 e. The van der Waals surface area contributed by atoms with E-state index in [2.05, 4.69) is 62.7 Å². The predicted molar refractivity (Wildman–Crippen MR) is 111 cm³/mol. The Morgan fingerprint density at radius 2 is 2.19 bits per heavy atom. The van der Waals surface area contributed by atoms with E-state index in [1.165, 1.54) is 22.9 Å². The van der Waals surface area contributed by atoms with Crippen molar-refractivity contribution in [1.82, 2.24) is 20.0 Å². The molecule has 4 rings (SSSR count). The fraction of sp³-hybridized carbons (Fsp3) is 0.368. The Kier molecular flexibility index (Phi) is 5.00. The minimum absolute atomic E-state index is 0.216. The van der Waals surface area contributed by atoms with Crippen LogP contribution in [0.15, 0.2) is 51.5 Å². The van der Waals surface area contributed by atoms with Crippen molar-refractivity contribution in [2.24, 2.45) is 4.99 Å². The summed E-state index contributed by atoms with van der Waals surface area (Å²) >= 11 is 5.34. The van der Waals surface area contributed by atoms with Crippen molar-refractivity contribution >= 4 is 38.2 Å². The van der Waals surface area contributed by atoms with Crippen molar-refractivity contribution in [3.05, 3.63) is 57.8 Å². The number of fused-ring (bicyclic) bond motifs is 1. The lowest BCUT2D eigenvalue weighted by Crippen LogP contribution is -2.41. The molecule has 0 atom stereocenters. The van der Waals surface area contributed by atoms with Gasteiger partial charge in [0, 0.05) is 40.8 Å². The number of imidazole rings is 1. The molecule has 1 aliphatic rings. The normalized spacial score (nSPS) is 16.0. The van der Waals surface area contributed by atoms with Gasteiger partial charge >= 0.3 is 0 Å². The van der Waals surface area contributed by atoms with Gasteiger partial charge in [0.15, 0.2) is 10.9 Å². The Labute approximate surface area is 165 Å². The van der Waals surface area contributed by atoms with Gasteiger partial charge in [-0.1, -0.05) is 34.1 Å². The second-order valence-electron chi connectivity index (χ2n) is 6.63. The first-order valence-corrected chi connectivity index (χ1v) is 10.6. The van der Waals surface area contributed by atoms with E-state index in [1.54, 1.807) is 11.3 Å². The fourth-order valence-corrected chi connectivity index (χ4v) is 4.61. The van der Waals surface area contributed by atoms with Gasteiger partial charge in [-0.25, -0.2) is 9.98 Å². The van der Waals surface area contributed by atoms with Gasteiger partial charge in [0.05, 0.1) is 12.2 Å². The van der Waals surface area contributed by atoms with Crippen LogP contribution in [0.4, 0.5) is 0 Å². The maximum Gasteiger partial charge on any atom is 0.193 e. The Balaban J connectivity index is 1.43. The van der Waals surface area contributed by atoms with E-state index in [9.17, 15) is 0 Å². The zero-order valence-corrected chi connectivity index (χ0v) is 17.1. The summed E-state index contributed by atoms with van der Waals surface area (Å²) in [6.45, 7) is 4.39. The van der Waals surface area contributed by atoms with Crippen molar-refractivity contribution in [3.8, 4) is 0 Å². The predicted octanol–water partition coefficient (Wildman–Crippen LogP) is 3.95. The van der Waals surface area contributed by atoms with Crippen LogP contribution in [0.2, 0.25) is 0 Å². The lowest BCUT2D eigenvalue weighted by Gasteiger charge is -2.20. The monoisotopic (exact) mass is 431 g/mol. The number of aliphatic imine (C=N–C) groups is 1. The molecule has 0 unspecified atom stereocenters. The number of nitrogens with zero attached hydrogens (tertiary/aromatic N) is 3. The molecule has 0 radical (unpaired) electrons. The molecule has 26 heavy (non-hydrogen) atoms. The number of halogens is 1. The summed E-state index contributed by atoms with van der Waals surface area (Å²) in [4.78, 5) is 10.3. The quantitative estimate of drug-likeness (QED) is 0.458. The van der Waals surface area contributed by atoms with E-state index < -0.39 is 0 Å². The third kappa shape index (κ3) is 3.64. The third-order valence-electron chi connectivity index (χ3n) is 4.78. The first kappa shape index (κ1) is 17.5. The minimum atomic E-state index is 0.216. The van der Waals surface area contributed by atoms with Crippen molar-refractivity contribution in [2.45, 2.75) is 31.7 Å². The Morgan fingerprint density at radius 3 is 2.92 bits per heavy atom. The maximum absolute atomic E-state index is 4.72. The fourth-order valence-electron chi connectivity index (χ4n) is 3.19. The average Bonchev–Trinajstić information content (AvgIpc) is 3.12. The Morgan fingerprint density at radius 1 is 1.35 bits per heavy atom. The number of hydrogen-bond donors (Lipinski definition) is 2. The summed E-state index contributed by atoms with van der Waals surface area (Å²) in [6.07, 6.45) is 6.49. The Bertz CT molecular complexity index is 896. The summed E-state index contributed by atoms with van der Waals surface area (Å²) < 4.78 is 3.24. The zero-order valence-electron chi connectivity index (χ0n) is 14.7. The van der Waals surface area contributed by atoms with Crippen LogP contribution in [-0.4, -0.2) is 28.4 Å². The highest BCUT2D eigenvalue weighted by atomic mass is 79.9. The molecular formula is C19H22BrN5S. The van der Waals surface area contributed by atoms with Crippen LogP contribution in [-0.2, 0) is 12.0 Å². The van der Waals surface area contributed by atoms with Crippen LogP contribution in [0.5, 0.6) is 0 Å². The summed E-state index contributed by atoms with van der Waals surface area (Å²) in [7, 11) is 0. The maximum atomic E-state index is 4.72. The molecule has 1 fully saturated rings. The summed E-state index contributed by atoms with van der Waals surface area (Å²) in [5.74, 6) is 0.849. The van der Waals surface area contributed by atoms with E-state index >= 15 is 0 Å². The van der Waals surface area contributed by atoms with Crippen molar-refractivity contribution in [1.29, 1.82) is 0 Å². The second-order valence-corrected chi connectivity index (χ2v) is 8.36. The van der Waals surface area contributed by atoms with Gasteiger partial charge in [0.2, 0.25) is 0 Å². The molecule has 1 aliphatic carbocycles. The van der Waals surface area contributed by atoms with Gasteiger partial charge in [0.1, 0.15) is 0 Å². The van der Waals surface area contributed by atoms with Crippen LogP contribution in [0, 0.1) is 0 Å². The van der Waals surface area contributed by atoms with Crippen molar-refractivity contribution in [2.75, 3.05) is 13.1 Å². The molecule has 2 aromatic heterocycles. The SMILES string of the molecule is CCNC(=NCc1cn2ccsc2n1)NCC1(c2ccccc2Br)CC1. The standard InChI is InChI=1S/C19H22BrN5S/c1-2-21-17(22-11-14-12-25-9-10-26-18(25)24-14)23-13-19(7-8-19)15-5-3-4-6-16(15)20/h3-6,9-10,12H,2,7-8,11,13H2,1H3,(H2,21,22,23). The molecule has 7 heteroatoms. The van der Waals surface area contributed by atoms with Gasteiger partial charge in [-0.3, -0.25) is 4.40 Å². The number of hydrogen-bond acceptors (Lipinski definition) is 3. The molecule has 0 saturated heterocycles. The molecule has 0 bridgehead atoms. The average molecular weight is 432 g/mol. The molecule has 0 aliphatic heterocycles. The van der Waals surface area contributed by atoms with E-state index in [4.69, 9.17) is 4.99 Å². The van der Waals surface area contributed by atoms with Gasteiger partial charge < -0.3 is 10.6 Å².